The first-order chi connectivity index (χ1) is 12.0. The Labute approximate surface area is 179 Å². The lowest BCUT2D eigenvalue weighted by Crippen LogP contribution is -1.83. The smallest absolute Gasteiger partial charge is 0.0339 e. The van der Waals surface area contributed by atoms with Crippen LogP contribution in [0.5, 0.6) is 0 Å². The maximum atomic E-state index is 4.61. The average molecular weight is 441 g/mol. The molecule has 0 radical (unpaired) electrons. The molecule has 2 rings (SSSR count). The molecule has 0 amide bonds. The largest absolute Gasteiger partial charge is 0.142 e. The molecular formula is C19H20S6. The van der Waals surface area contributed by atoms with Crippen molar-refractivity contribution < 1.29 is 0 Å². The molecule has 0 aliphatic rings. The van der Waals surface area contributed by atoms with Gasteiger partial charge >= 0.3 is 0 Å². The molecule has 0 bridgehead atoms. The number of rotatable bonds is 6. The van der Waals surface area contributed by atoms with Gasteiger partial charge in [-0.05, 0) is 54.2 Å². The van der Waals surface area contributed by atoms with Gasteiger partial charge in [0.15, 0.2) is 0 Å². The first-order valence-corrected chi connectivity index (χ1v) is 12.4. The molecule has 6 heteroatoms. The van der Waals surface area contributed by atoms with Crippen molar-refractivity contribution in [2.75, 3.05) is 18.8 Å². The van der Waals surface area contributed by atoms with Gasteiger partial charge in [-0.2, -0.15) is 0 Å². The van der Waals surface area contributed by atoms with Crippen LogP contribution in [0, 0.1) is 0 Å². The van der Waals surface area contributed by atoms with Gasteiger partial charge < -0.3 is 0 Å². The van der Waals surface area contributed by atoms with E-state index in [0.717, 1.165) is 30.7 Å². The van der Waals surface area contributed by atoms with Crippen molar-refractivity contribution in [2.24, 2.45) is 0 Å². The molecule has 0 saturated carbocycles. The molecule has 0 aliphatic heterocycles. The van der Waals surface area contributed by atoms with Crippen LogP contribution in [0.4, 0.5) is 0 Å². The van der Waals surface area contributed by atoms with Crippen LogP contribution in [0.25, 0.3) is 12.2 Å². The van der Waals surface area contributed by atoms with E-state index in [4.69, 9.17) is 0 Å². The van der Waals surface area contributed by atoms with Gasteiger partial charge in [-0.25, -0.2) is 0 Å². The van der Waals surface area contributed by atoms with E-state index >= 15 is 0 Å². The van der Waals surface area contributed by atoms with Crippen molar-refractivity contribution in [1.82, 2.24) is 0 Å². The van der Waals surface area contributed by atoms with Gasteiger partial charge in [0.05, 0.1) is 0 Å². The monoisotopic (exact) mass is 440 g/mol. The predicted molar refractivity (Wildman–Crippen MR) is 128 cm³/mol. The third-order valence-electron chi connectivity index (χ3n) is 3.47. The third-order valence-corrected chi connectivity index (χ3v) is 7.63. The van der Waals surface area contributed by atoms with Crippen molar-refractivity contribution in [3.8, 4) is 0 Å². The van der Waals surface area contributed by atoms with E-state index in [2.05, 4.69) is 86.8 Å². The Kier molecular flexibility index (Phi) is 8.85. The molecule has 0 aliphatic carbocycles. The summed E-state index contributed by atoms with van der Waals surface area (Å²) in [4.78, 5) is 6.49. The number of thiol groups is 3. The second kappa shape index (κ2) is 10.4. The van der Waals surface area contributed by atoms with Crippen molar-refractivity contribution in [2.45, 2.75) is 29.4 Å². The Balaban J connectivity index is 2.20. The Morgan fingerprint density at radius 3 is 1.72 bits per heavy atom. The molecule has 0 atom stereocenters. The molecule has 0 N–H and O–H groups in total. The lowest BCUT2D eigenvalue weighted by Gasteiger charge is -2.09. The van der Waals surface area contributed by atoms with Crippen LogP contribution < -0.4 is 0 Å². The Bertz CT molecular complexity index is 808. The summed E-state index contributed by atoms with van der Waals surface area (Å²) in [6.07, 6.45) is 14.5. The zero-order valence-corrected chi connectivity index (χ0v) is 19.3. The van der Waals surface area contributed by atoms with Crippen LogP contribution in [-0.4, -0.2) is 18.8 Å². The van der Waals surface area contributed by atoms with Crippen LogP contribution in [0.15, 0.2) is 65.8 Å². The highest BCUT2D eigenvalue weighted by atomic mass is 32.2. The van der Waals surface area contributed by atoms with Crippen molar-refractivity contribution >= 4 is 85.3 Å². The van der Waals surface area contributed by atoms with E-state index in [1.54, 1.807) is 35.3 Å². The van der Waals surface area contributed by atoms with Crippen LogP contribution in [0.1, 0.15) is 11.1 Å². The standard InChI is InChI=1S/C19H20S6/c1-23-16-10-12(8-14(20)18(16)22)6-4-5-7-13-9-15(21)19(25-3)17(11-13)24-2/h4-11,20-22H,1-3H3/b6-4+,7-5+. The summed E-state index contributed by atoms with van der Waals surface area (Å²) in [6, 6.07) is 8.46. The predicted octanol–water partition coefficient (Wildman–Crippen LogP) is 7.45. The molecule has 0 unspecified atom stereocenters. The number of hydrogen-bond donors (Lipinski definition) is 3. The second-order valence-corrected chi connectivity index (χ2v) is 9.01. The molecule has 25 heavy (non-hydrogen) atoms. The van der Waals surface area contributed by atoms with E-state index in [-0.39, 0.29) is 0 Å². The van der Waals surface area contributed by atoms with Crippen molar-refractivity contribution in [1.29, 1.82) is 0 Å². The second-order valence-electron chi connectivity index (χ2n) is 5.08. The van der Waals surface area contributed by atoms with Gasteiger partial charge in [0.1, 0.15) is 0 Å². The van der Waals surface area contributed by atoms with Crippen LogP contribution in [0.2, 0.25) is 0 Å². The summed E-state index contributed by atoms with van der Waals surface area (Å²) in [7, 11) is 0. The van der Waals surface area contributed by atoms with Crippen LogP contribution >= 0.6 is 73.2 Å². The summed E-state index contributed by atoms with van der Waals surface area (Å²) >= 11 is 18.8. The summed E-state index contributed by atoms with van der Waals surface area (Å²) < 4.78 is 0. The Morgan fingerprint density at radius 2 is 1.20 bits per heavy atom. The highest BCUT2D eigenvalue weighted by molar-refractivity contribution is 8.02. The van der Waals surface area contributed by atoms with E-state index < -0.39 is 0 Å². The Morgan fingerprint density at radius 1 is 0.680 bits per heavy atom. The summed E-state index contributed by atoms with van der Waals surface area (Å²) in [5, 5.41) is 0. The number of hydrogen-bond acceptors (Lipinski definition) is 6. The summed E-state index contributed by atoms with van der Waals surface area (Å²) in [5.41, 5.74) is 2.27. The summed E-state index contributed by atoms with van der Waals surface area (Å²) in [6.45, 7) is 0. The van der Waals surface area contributed by atoms with Crippen molar-refractivity contribution in [3.05, 3.63) is 47.5 Å². The first kappa shape index (κ1) is 21.3. The fraction of sp³-hybridized carbons (Fsp3) is 0.158. The molecule has 132 valence electrons. The van der Waals surface area contributed by atoms with Crippen LogP contribution in [0.3, 0.4) is 0 Å². The average Bonchev–Trinajstić information content (AvgIpc) is 2.60. The maximum absolute atomic E-state index is 4.61. The molecule has 0 nitrogen and oxygen atoms in total. The Hall–Kier alpha value is 0.0200. The third kappa shape index (κ3) is 5.75. The minimum atomic E-state index is 0.899. The van der Waals surface area contributed by atoms with Crippen LogP contribution in [-0.2, 0) is 0 Å². The number of benzene rings is 2. The quantitative estimate of drug-likeness (QED) is 0.243. The normalized spacial score (nSPS) is 11.8. The minimum absolute atomic E-state index is 0.899. The summed E-state index contributed by atoms with van der Waals surface area (Å²) in [5.74, 6) is 0. The molecular weight excluding hydrogens is 421 g/mol. The lowest BCUT2D eigenvalue weighted by molar-refractivity contribution is 1.12. The fourth-order valence-electron chi connectivity index (χ4n) is 2.26. The van der Waals surface area contributed by atoms with Gasteiger partial charge in [0, 0.05) is 29.4 Å². The van der Waals surface area contributed by atoms with Gasteiger partial charge in [0.2, 0.25) is 0 Å². The van der Waals surface area contributed by atoms with E-state index in [0.29, 0.717) is 0 Å². The molecule has 0 saturated heterocycles. The lowest BCUT2D eigenvalue weighted by atomic mass is 10.2. The highest BCUT2D eigenvalue weighted by Crippen LogP contribution is 2.35. The van der Waals surface area contributed by atoms with Gasteiger partial charge in [-0.1, -0.05) is 24.3 Å². The van der Waals surface area contributed by atoms with Gasteiger partial charge in [0.25, 0.3) is 0 Å². The molecule has 2 aromatic carbocycles. The van der Waals surface area contributed by atoms with E-state index in [9.17, 15) is 0 Å². The number of allylic oxidation sites excluding steroid dienone is 2. The van der Waals surface area contributed by atoms with E-state index in [1.807, 2.05) is 18.4 Å². The molecule has 0 fully saturated rings. The van der Waals surface area contributed by atoms with E-state index in [1.165, 1.54) is 9.79 Å². The molecule has 2 aromatic rings. The SMILES string of the molecule is CSc1cc(/C=C/C=C/c2cc(S)c(SC)c(SC)c2)cc(S)c1S. The fourth-order valence-corrected chi connectivity index (χ4v) is 5.76. The van der Waals surface area contributed by atoms with Gasteiger partial charge in [-0.15, -0.1) is 73.2 Å². The topological polar surface area (TPSA) is 0 Å². The minimum Gasteiger partial charge on any atom is -0.142 e. The van der Waals surface area contributed by atoms with Crippen molar-refractivity contribution in [3.63, 3.8) is 0 Å². The first-order valence-electron chi connectivity index (χ1n) is 7.39. The zero-order valence-electron chi connectivity index (χ0n) is 14.2. The number of thioether (sulfide) groups is 3. The zero-order chi connectivity index (χ0) is 18.4. The molecule has 0 heterocycles. The molecule has 0 aromatic heterocycles. The highest BCUT2D eigenvalue weighted by Gasteiger charge is 2.06. The van der Waals surface area contributed by atoms with Gasteiger partial charge in [-0.3, -0.25) is 0 Å². The molecule has 0 spiro atoms. The maximum Gasteiger partial charge on any atom is 0.0339 e.